The zero-order chi connectivity index (χ0) is 33.4. The van der Waals surface area contributed by atoms with Gasteiger partial charge in [0.25, 0.3) is 0 Å². The molecule has 0 saturated carbocycles. The second-order valence-corrected chi connectivity index (χ2v) is 13.0. The summed E-state index contributed by atoms with van der Waals surface area (Å²) in [5, 5.41) is 0.825. The van der Waals surface area contributed by atoms with Crippen molar-refractivity contribution in [1.82, 2.24) is 0 Å². The normalized spacial score (nSPS) is 11.3. The highest BCUT2D eigenvalue weighted by atomic mass is 79.9. The zero-order valence-electron chi connectivity index (χ0n) is 28.9. The molecule has 0 rings (SSSR count). The van der Waals surface area contributed by atoms with Gasteiger partial charge in [-0.2, -0.15) is 0 Å². The lowest BCUT2D eigenvalue weighted by Gasteiger charge is -2.30. The van der Waals surface area contributed by atoms with Gasteiger partial charge in [0, 0.05) is 11.8 Å². The molecule has 0 amide bonds. The summed E-state index contributed by atoms with van der Waals surface area (Å²) in [7, 11) is 0. The predicted molar refractivity (Wildman–Crippen MR) is 183 cm³/mol. The molecule has 0 N–H and O–H groups in total. The minimum absolute atomic E-state index is 0.0685. The van der Waals surface area contributed by atoms with Crippen molar-refractivity contribution in [1.29, 1.82) is 0 Å². The number of esters is 4. The molecule has 0 heterocycles. The van der Waals surface area contributed by atoms with Gasteiger partial charge < -0.3 is 18.9 Å². The van der Waals surface area contributed by atoms with Crippen LogP contribution in [0.25, 0.3) is 0 Å². The van der Waals surface area contributed by atoms with Crippen LogP contribution < -0.4 is 0 Å². The average Bonchev–Trinajstić information content (AvgIpc) is 3.01. The van der Waals surface area contributed by atoms with E-state index in [2.05, 4.69) is 36.7 Å². The third kappa shape index (κ3) is 25.2. The lowest BCUT2D eigenvalue weighted by atomic mass is 9.94. The van der Waals surface area contributed by atoms with E-state index < -0.39 is 42.3 Å². The highest BCUT2D eigenvalue weighted by Gasteiger charge is 2.49. The summed E-state index contributed by atoms with van der Waals surface area (Å²) in [5.74, 6) is -2.93. The maximum Gasteiger partial charge on any atom is 0.351 e. The van der Waals surface area contributed by atoms with Crippen LogP contribution in [0.2, 0.25) is 0 Å². The standard InChI is InChI=1S/C36H65BrO8/c1-4-7-10-13-16-22-27-42-33(39)30-36(45-32(38)25-20-19-21-26-37,35(41)44-29-24-18-15-12-9-6-3)31-34(40)43-28-23-17-14-11-8-5-2/h4-31H2,1-3H3. The van der Waals surface area contributed by atoms with E-state index in [4.69, 9.17) is 18.9 Å². The number of halogens is 1. The smallest absolute Gasteiger partial charge is 0.351 e. The maximum absolute atomic E-state index is 13.6. The molecule has 0 saturated heterocycles. The number of rotatable bonds is 32. The van der Waals surface area contributed by atoms with Crippen molar-refractivity contribution >= 4 is 39.8 Å². The molecule has 0 aliphatic rings. The first-order valence-electron chi connectivity index (χ1n) is 18.1. The zero-order valence-corrected chi connectivity index (χ0v) is 30.5. The van der Waals surface area contributed by atoms with Gasteiger partial charge in [-0.15, -0.1) is 0 Å². The van der Waals surface area contributed by atoms with Crippen LogP contribution in [0.3, 0.4) is 0 Å². The van der Waals surface area contributed by atoms with E-state index in [0.29, 0.717) is 25.7 Å². The Morgan fingerprint density at radius 3 is 1.27 bits per heavy atom. The monoisotopic (exact) mass is 704 g/mol. The molecule has 0 aromatic heterocycles. The first kappa shape index (κ1) is 43.4. The second kappa shape index (κ2) is 31.0. The van der Waals surface area contributed by atoms with Gasteiger partial charge in [0.05, 0.1) is 32.7 Å². The van der Waals surface area contributed by atoms with Gasteiger partial charge in [-0.05, 0) is 32.1 Å². The molecule has 0 aromatic rings. The number of unbranched alkanes of at least 4 members (excludes halogenated alkanes) is 17. The van der Waals surface area contributed by atoms with Crippen molar-refractivity contribution in [3.05, 3.63) is 0 Å². The van der Waals surface area contributed by atoms with Crippen LogP contribution >= 0.6 is 15.9 Å². The Morgan fingerprint density at radius 2 is 0.844 bits per heavy atom. The number of hydrogen-bond donors (Lipinski definition) is 0. The summed E-state index contributed by atoms with van der Waals surface area (Å²) in [6.07, 6.45) is 19.6. The fourth-order valence-electron chi connectivity index (χ4n) is 5.01. The summed E-state index contributed by atoms with van der Waals surface area (Å²) in [6.45, 7) is 7.00. The van der Waals surface area contributed by atoms with Crippen molar-refractivity contribution in [3.63, 3.8) is 0 Å². The van der Waals surface area contributed by atoms with Crippen LogP contribution in [0.15, 0.2) is 0 Å². The maximum atomic E-state index is 13.6. The fraction of sp³-hybridized carbons (Fsp3) is 0.889. The van der Waals surface area contributed by atoms with E-state index in [9.17, 15) is 19.2 Å². The average molecular weight is 706 g/mol. The summed E-state index contributed by atoms with van der Waals surface area (Å²) in [4.78, 5) is 52.7. The SMILES string of the molecule is CCCCCCCCOC(=O)CC(CC(=O)OCCCCCCCC)(OC(=O)CCCCCBr)C(=O)OCCCCCCCC. The number of carbonyl (C=O) groups excluding carboxylic acids is 4. The molecule has 0 fully saturated rings. The summed E-state index contributed by atoms with van der Waals surface area (Å²) >= 11 is 3.39. The molecule has 0 atom stereocenters. The summed E-state index contributed by atoms with van der Waals surface area (Å²) < 4.78 is 22.3. The van der Waals surface area contributed by atoms with Crippen LogP contribution in [0.4, 0.5) is 0 Å². The predicted octanol–water partition coefficient (Wildman–Crippen LogP) is 9.72. The number of alkyl halides is 1. The van der Waals surface area contributed by atoms with Gasteiger partial charge in [-0.25, -0.2) is 4.79 Å². The molecular formula is C36H65BrO8. The topological polar surface area (TPSA) is 105 Å². The molecule has 8 nitrogen and oxygen atoms in total. The van der Waals surface area contributed by atoms with E-state index >= 15 is 0 Å². The molecule has 0 spiro atoms. The van der Waals surface area contributed by atoms with Crippen LogP contribution in [-0.2, 0) is 38.1 Å². The third-order valence-electron chi connectivity index (χ3n) is 7.81. The highest BCUT2D eigenvalue weighted by molar-refractivity contribution is 9.09. The van der Waals surface area contributed by atoms with E-state index in [0.717, 1.165) is 102 Å². The lowest BCUT2D eigenvalue weighted by Crippen LogP contribution is -2.48. The van der Waals surface area contributed by atoms with E-state index in [1.807, 2.05) is 0 Å². The quantitative estimate of drug-likeness (QED) is 0.0295. The highest BCUT2D eigenvalue weighted by Crippen LogP contribution is 2.27. The molecule has 45 heavy (non-hydrogen) atoms. The van der Waals surface area contributed by atoms with E-state index in [1.165, 1.54) is 12.8 Å². The Hall–Kier alpha value is -1.64. The fourth-order valence-corrected chi connectivity index (χ4v) is 5.41. The summed E-state index contributed by atoms with van der Waals surface area (Å²) in [5.41, 5.74) is -2.12. The second-order valence-electron chi connectivity index (χ2n) is 12.2. The molecule has 264 valence electrons. The Balaban J connectivity index is 5.55. The molecule has 0 aliphatic heterocycles. The van der Waals surface area contributed by atoms with Crippen LogP contribution in [-0.4, -0.2) is 54.6 Å². The van der Waals surface area contributed by atoms with E-state index in [-0.39, 0.29) is 26.2 Å². The van der Waals surface area contributed by atoms with Crippen LogP contribution in [0.5, 0.6) is 0 Å². The molecule has 0 radical (unpaired) electrons. The first-order chi connectivity index (χ1) is 21.8. The number of ether oxygens (including phenoxy) is 4. The Morgan fingerprint density at radius 1 is 0.467 bits per heavy atom. The van der Waals surface area contributed by atoms with Crippen molar-refractivity contribution in [2.24, 2.45) is 0 Å². The Kier molecular flexibility index (Phi) is 29.9. The number of hydrogen-bond acceptors (Lipinski definition) is 8. The molecule has 0 bridgehead atoms. The molecule has 9 heteroatoms. The van der Waals surface area contributed by atoms with Crippen molar-refractivity contribution < 1.29 is 38.1 Å². The minimum atomic E-state index is -2.12. The number of carbonyl (C=O) groups is 4. The van der Waals surface area contributed by atoms with Crippen LogP contribution in [0.1, 0.15) is 175 Å². The van der Waals surface area contributed by atoms with Crippen LogP contribution in [0, 0.1) is 0 Å². The first-order valence-corrected chi connectivity index (χ1v) is 19.2. The lowest BCUT2D eigenvalue weighted by molar-refractivity contribution is -0.191. The molecule has 0 unspecified atom stereocenters. The van der Waals surface area contributed by atoms with Gasteiger partial charge in [-0.1, -0.05) is 139 Å². The molecule has 0 aromatic carbocycles. The van der Waals surface area contributed by atoms with Gasteiger partial charge in [0.2, 0.25) is 5.60 Å². The Labute approximate surface area is 282 Å². The summed E-state index contributed by atoms with van der Waals surface area (Å²) in [6, 6.07) is 0. The van der Waals surface area contributed by atoms with Gasteiger partial charge >= 0.3 is 23.9 Å². The third-order valence-corrected chi connectivity index (χ3v) is 8.37. The van der Waals surface area contributed by atoms with Crippen molar-refractivity contribution in [3.8, 4) is 0 Å². The minimum Gasteiger partial charge on any atom is -0.466 e. The Bertz CT molecular complexity index is 725. The molecular weight excluding hydrogens is 640 g/mol. The van der Waals surface area contributed by atoms with Gasteiger partial charge in [-0.3, -0.25) is 14.4 Å². The van der Waals surface area contributed by atoms with E-state index in [1.54, 1.807) is 0 Å². The van der Waals surface area contributed by atoms with Crippen molar-refractivity contribution in [2.75, 3.05) is 25.2 Å². The molecule has 0 aliphatic carbocycles. The largest absolute Gasteiger partial charge is 0.466 e. The van der Waals surface area contributed by atoms with Gasteiger partial charge in [0.1, 0.15) is 0 Å². The van der Waals surface area contributed by atoms with Gasteiger partial charge in [0.15, 0.2) is 0 Å². The van der Waals surface area contributed by atoms with Crippen molar-refractivity contribution in [2.45, 2.75) is 180 Å².